The Morgan fingerprint density at radius 1 is 1.15 bits per heavy atom. The van der Waals surface area contributed by atoms with E-state index in [-0.39, 0.29) is 24.1 Å². The number of hydrogen-bond donors (Lipinski definition) is 0. The van der Waals surface area contributed by atoms with Crippen molar-refractivity contribution in [2.75, 3.05) is 6.61 Å². The molecule has 0 amide bonds. The number of carbonyl (C=O) groups is 2. The molecule has 0 radical (unpaired) electrons. The van der Waals surface area contributed by atoms with Gasteiger partial charge >= 0.3 is 5.97 Å². The van der Waals surface area contributed by atoms with E-state index in [9.17, 15) is 14.0 Å². The second kappa shape index (κ2) is 8.30. The second-order valence-electron chi connectivity index (χ2n) is 6.72. The fourth-order valence-electron chi connectivity index (χ4n) is 3.59. The van der Waals surface area contributed by atoms with Gasteiger partial charge in [-0.1, -0.05) is 43.3 Å². The molecular weight excluding hydrogens is 343 g/mol. The largest absolute Gasteiger partial charge is 0.465 e. The van der Waals surface area contributed by atoms with Crippen LogP contribution < -0.4 is 0 Å². The molecule has 0 saturated carbocycles. The summed E-state index contributed by atoms with van der Waals surface area (Å²) in [6, 6.07) is 14.2. The van der Waals surface area contributed by atoms with Gasteiger partial charge in [-0.05, 0) is 60.2 Å². The van der Waals surface area contributed by atoms with E-state index in [1.807, 2.05) is 24.3 Å². The van der Waals surface area contributed by atoms with E-state index in [1.54, 1.807) is 19.1 Å². The summed E-state index contributed by atoms with van der Waals surface area (Å²) in [7, 11) is 0. The summed E-state index contributed by atoms with van der Waals surface area (Å²) in [6.07, 6.45) is 2.86. The Bertz CT molecular complexity index is 867. The first kappa shape index (κ1) is 19.0. The minimum absolute atomic E-state index is 0.227. The third-order valence-electron chi connectivity index (χ3n) is 5.02. The maximum absolute atomic E-state index is 13.6. The molecule has 0 saturated heterocycles. The van der Waals surface area contributed by atoms with Gasteiger partial charge < -0.3 is 4.74 Å². The van der Waals surface area contributed by atoms with E-state index in [0.29, 0.717) is 12.0 Å². The minimum Gasteiger partial charge on any atom is -0.465 e. The first-order valence-corrected chi connectivity index (χ1v) is 9.29. The number of allylic oxidation sites excluding steroid dienone is 2. The summed E-state index contributed by atoms with van der Waals surface area (Å²) in [5.74, 6) is -2.33. The van der Waals surface area contributed by atoms with Crippen LogP contribution >= 0.6 is 0 Å². The third kappa shape index (κ3) is 4.16. The van der Waals surface area contributed by atoms with Gasteiger partial charge in [0, 0.05) is 5.92 Å². The summed E-state index contributed by atoms with van der Waals surface area (Å²) >= 11 is 0. The zero-order valence-electron chi connectivity index (χ0n) is 15.6. The topological polar surface area (TPSA) is 43.4 Å². The van der Waals surface area contributed by atoms with E-state index < -0.39 is 11.9 Å². The standard InChI is InChI=1S/C23H23FO3/c1-3-15-8-10-16(11-9-15)20-13-18(17-6-5-7-19(24)12-17)14-21(25)22(20)23(26)27-4-2/h5-12,14,20,22H,3-4,13H2,1-2H3/t20-,22-/m1/s1. The molecule has 1 aliphatic carbocycles. The molecule has 0 N–H and O–H groups in total. The Morgan fingerprint density at radius 2 is 1.89 bits per heavy atom. The van der Waals surface area contributed by atoms with Crippen molar-refractivity contribution in [2.45, 2.75) is 32.6 Å². The zero-order valence-corrected chi connectivity index (χ0v) is 15.6. The molecule has 0 spiro atoms. The van der Waals surface area contributed by atoms with Gasteiger partial charge in [-0.3, -0.25) is 9.59 Å². The lowest BCUT2D eigenvalue weighted by atomic mass is 9.73. The highest BCUT2D eigenvalue weighted by atomic mass is 19.1. The molecule has 2 atom stereocenters. The van der Waals surface area contributed by atoms with Crippen LogP contribution in [0.4, 0.5) is 4.39 Å². The van der Waals surface area contributed by atoms with Gasteiger partial charge in [-0.2, -0.15) is 0 Å². The number of ether oxygens (including phenoxy) is 1. The van der Waals surface area contributed by atoms with E-state index in [2.05, 4.69) is 6.92 Å². The van der Waals surface area contributed by atoms with Crippen LogP contribution in [0.15, 0.2) is 54.6 Å². The van der Waals surface area contributed by atoms with Gasteiger partial charge in [-0.25, -0.2) is 4.39 Å². The first-order chi connectivity index (χ1) is 13.0. The van der Waals surface area contributed by atoms with Crippen molar-refractivity contribution in [1.82, 2.24) is 0 Å². The van der Waals surface area contributed by atoms with Crippen molar-refractivity contribution in [3.8, 4) is 0 Å². The molecule has 0 bridgehead atoms. The molecule has 0 aliphatic heterocycles. The smallest absolute Gasteiger partial charge is 0.317 e. The summed E-state index contributed by atoms with van der Waals surface area (Å²) in [4.78, 5) is 25.3. The molecule has 140 valence electrons. The van der Waals surface area contributed by atoms with Gasteiger partial charge in [0.2, 0.25) is 0 Å². The van der Waals surface area contributed by atoms with E-state index >= 15 is 0 Å². The predicted octanol–water partition coefficient (Wildman–Crippen LogP) is 4.71. The van der Waals surface area contributed by atoms with Gasteiger partial charge in [0.05, 0.1) is 6.61 Å². The zero-order chi connectivity index (χ0) is 19.4. The lowest BCUT2D eigenvalue weighted by molar-refractivity contribution is -0.151. The molecule has 1 aliphatic rings. The maximum atomic E-state index is 13.6. The Hall–Kier alpha value is -2.75. The highest BCUT2D eigenvalue weighted by Crippen LogP contribution is 2.40. The molecule has 0 fully saturated rings. The van der Waals surface area contributed by atoms with E-state index in [0.717, 1.165) is 17.6 Å². The summed E-state index contributed by atoms with van der Waals surface area (Å²) in [5.41, 5.74) is 3.51. The molecule has 3 rings (SSSR count). The molecule has 4 heteroatoms. The van der Waals surface area contributed by atoms with Crippen molar-refractivity contribution < 1.29 is 18.7 Å². The lowest BCUT2D eigenvalue weighted by Crippen LogP contribution is -2.34. The van der Waals surface area contributed by atoms with Crippen LogP contribution in [0.1, 0.15) is 42.9 Å². The Balaban J connectivity index is 2.01. The van der Waals surface area contributed by atoms with E-state index in [1.165, 1.54) is 23.8 Å². The van der Waals surface area contributed by atoms with Crippen LogP contribution in [-0.2, 0) is 20.7 Å². The number of aryl methyl sites for hydroxylation is 1. The number of esters is 1. The fraction of sp³-hybridized carbons (Fsp3) is 0.304. The molecule has 27 heavy (non-hydrogen) atoms. The van der Waals surface area contributed by atoms with Crippen LogP contribution in [0.3, 0.4) is 0 Å². The number of hydrogen-bond acceptors (Lipinski definition) is 3. The van der Waals surface area contributed by atoms with Crippen LogP contribution in [0.25, 0.3) is 5.57 Å². The van der Waals surface area contributed by atoms with Crippen LogP contribution in [-0.4, -0.2) is 18.4 Å². The highest BCUT2D eigenvalue weighted by molar-refractivity contribution is 6.10. The van der Waals surface area contributed by atoms with Crippen molar-refractivity contribution in [3.63, 3.8) is 0 Å². The SMILES string of the molecule is CCOC(=O)[C@H]1C(=O)C=C(c2cccc(F)c2)C[C@@H]1c1ccc(CC)cc1. The summed E-state index contributed by atoms with van der Waals surface area (Å²) in [5, 5.41) is 0. The van der Waals surface area contributed by atoms with Crippen LogP contribution in [0.2, 0.25) is 0 Å². The number of rotatable bonds is 5. The molecule has 0 heterocycles. The molecule has 0 aromatic heterocycles. The van der Waals surface area contributed by atoms with Crippen molar-refractivity contribution in [2.24, 2.45) is 5.92 Å². The molecular formula is C23H23FO3. The predicted molar refractivity (Wildman–Crippen MR) is 103 cm³/mol. The normalized spacial score (nSPS) is 19.5. The van der Waals surface area contributed by atoms with Gasteiger partial charge in [0.1, 0.15) is 11.7 Å². The fourth-order valence-corrected chi connectivity index (χ4v) is 3.59. The van der Waals surface area contributed by atoms with Gasteiger partial charge in [0.25, 0.3) is 0 Å². The summed E-state index contributed by atoms with van der Waals surface area (Å²) in [6.45, 7) is 4.03. The minimum atomic E-state index is -0.866. The number of halogens is 1. The highest BCUT2D eigenvalue weighted by Gasteiger charge is 2.39. The second-order valence-corrected chi connectivity index (χ2v) is 6.72. The summed E-state index contributed by atoms with van der Waals surface area (Å²) < 4.78 is 18.8. The van der Waals surface area contributed by atoms with Crippen molar-refractivity contribution in [1.29, 1.82) is 0 Å². The Morgan fingerprint density at radius 3 is 2.52 bits per heavy atom. The van der Waals surface area contributed by atoms with Crippen molar-refractivity contribution >= 4 is 17.3 Å². The average molecular weight is 366 g/mol. The lowest BCUT2D eigenvalue weighted by Gasteiger charge is -2.29. The molecule has 2 aromatic rings. The third-order valence-corrected chi connectivity index (χ3v) is 5.02. The monoisotopic (exact) mass is 366 g/mol. The molecule has 2 aromatic carbocycles. The first-order valence-electron chi connectivity index (χ1n) is 9.29. The Labute approximate surface area is 158 Å². The van der Waals surface area contributed by atoms with Gasteiger partial charge in [0.15, 0.2) is 5.78 Å². The molecule has 0 unspecified atom stereocenters. The molecule has 3 nitrogen and oxygen atoms in total. The van der Waals surface area contributed by atoms with E-state index in [4.69, 9.17) is 4.74 Å². The average Bonchev–Trinajstić information content (AvgIpc) is 2.67. The van der Waals surface area contributed by atoms with Crippen molar-refractivity contribution in [3.05, 3.63) is 77.1 Å². The maximum Gasteiger partial charge on any atom is 0.317 e. The van der Waals surface area contributed by atoms with Crippen LogP contribution in [0.5, 0.6) is 0 Å². The number of benzene rings is 2. The Kier molecular flexibility index (Phi) is 5.84. The number of carbonyl (C=O) groups excluding carboxylic acids is 2. The van der Waals surface area contributed by atoms with Crippen LogP contribution in [0, 0.1) is 11.7 Å². The number of ketones is 1. The van der Waals surface area contributed by atoms with Gasteiger partial charge in [-0.15, -0.1) is 0 Å². The quantitative estimate of drug-likeness (QED) is 0.569.